The van der Waals surface area contributed by atoms with E-state index in [0.29, 0.717) is 6.54 Å². The molecule has 0 aliphatic carbocycles. The summed E-state index contributed by atoms with van der Waals surface area (Å²) in [6.45, 7) is 4.53. The zero-order chi connectivity index (χ0) is 13.0. The van der Waals surface area contributed by atoms with E-state index in [2.05, 4.69) is 22.2 Å². The van der Waals surface area contributed by atoms with Crippen molar-refractivity contribution in [1.82, 2.24) is 9.97 Å². The molecule has 0 aliphatic heterocycles. The molecule has 0 unspecified atom stereocenters. The number of aryl methyl sites for hydroxylation is 2. The van der Waals surface area contributed by atoms with Crippen LogP contribution in [-0.4, -0.2) is 9.97 Å². The van der Waals surface area contributed by atoms with Gasteiger partial charge in [0.25, 0.3) is 0 Å². The Kier molecular flexibility index (Phi) is 3.89. The van der Waals surface area contributed by atoms with Gasteiger partial charge in [0.15, 0.2) is 0 Å². The highest BCUT2D eigenvalue weighted by Gasteiger charge is 2.01. The minimum absolute atomic E-state index is 0.540. The van der Waals surface area contributed by atoms with Gasteiger partial charge in [-0.05, 0) is 31.0 Å². The second-order valence-corrected chi connectivity index (χ2v) is 4.17. The van der Waals surface area contributed by atoms with Gasteiger partial charge in [0.05, 0.1) is 0 Å². The number of anilines is 2. The zero-order valence-corrected chi connectivity index (χ0v) is 10.8. The van der Waals surface area contributed by atoms with E-state index in [-0.39, 0.29) is 0 Å². The summed E-state index contributed by atoms with van der Waals surface area (Å²) in [6, 6.07) is 10.0. The minimum Gasteiger partial charge on any atom is -0.340 e. The molecule has 0 fully saturated rings. The molecule has 1 aromatic heterocycles. The fourth-order valence-electron chi connectivity index (χ4n) is 1.80. The van der Waals surface area contributed by atoms with Crippen LogP contribution in [0.25, 0.3) is 0 Å². The molecule has 0 aliphatic rings. The van der Waals surface area contributed by atoms with Crippen molar-refractivity contribution >= 4 is 11.5 Å². The highest BCUT2D eigenvalue weighted by molar-refractivity contribution is 5.57. The van der Waals surface area contributed by atoms with Crippen LogP contribution in [-0.2, 0) is 13.0 Å². The van der Waals surface area contributed by atoms with Crippen LogP contribution in [0.1, 0.15) is 24.0 Å². The van der Waals surface area contributed by atoms with Gasteiger partial charge in [0.1, 0.15) is 11.6 Å². The average molecular weight is 242 g/mol. The Balaban J connectivity index is 2.24. The molecule has 0 atom stereocenters. The molecule has 0 saturated carbocycles. The van der Waals surface area contributed by atoms with E-state index < -0.39 is 0 Å². The minimum atomic E-state index is 0.540. The summed E-state index contributed by atoms with van der Waals surface area (Å²) in [6.07, 6.45) is 0.904. The second kappa shape index (κ2) is 5.60. The van der Waals surface area contributed by atoms with Crippen molar-refractivity contribution in [3.05, 3.63) is 47.4 Å². The number of nitrogens with zero attached hydrogens (tertiary/aromatic N) is 2. The van der Waals surface area contributed by atoms with Gasteiger partial charge in [-0.2, -0.15) is 0 Å². The van der Waals surface area contributed by atoms with Crippen molar-refractivity contribution < 1.29 is 0 Å². The van der Waals surface area contributed by atoms with E-state index in [1.165, 1.54) is 0 Å². The topological polar surface area (TPSA) is 63.8 Å². The molecule has 4 heteroatoms. The van der Waals surface area contributed by atoms with Gasteiger partial charge in [-0.25, -0.2) is 9.97 Å². The summed E-state index contributed by atoms with van der Waals surface area (Å²) in [5.41, 5.74) is 8.77. The number of benzene rings is 1. The van der Waals surface area contributed by atoms with Gasteiger partial charge in [-0.1, -0.05) is 19.1 Å². The van der Waals surface area contributed by atoms with Crippen molar-refractivity contribution in [2.45, 2.75) is 26.8 Å². The third-order valence-corrected chi connectivity index (χ3v) is 2.69. The van der Waals surface area contributed by atoms with Crippen LogP contribution < -0.4 is 11.1 Å². The molecule has 2 aromatic rings. The Morgan fingerprint density at radius 1 is 1.22 bits per heavy atom. The highest BCUT2D eigenvalue weighted by Crippen LogP contribution is 2.17. The van der Waals surface area contributed by atoms with Gasteiger partial charge >= 0.3 is 0 Å². The van der Waals surface area contributed by atoms with E-state index in [9.17, 15) is 0 Å². The number of aromatic nitrogens is 2. The molecule has 0 amide bonds. The van der Waals surface area contributed by atoms with Crippen molar-refractivity contribution in [1.29, 1.82) is 0 Å². The first-order chi connectivity index (χ1) is 8.71. The number of hydrogen-bond acceptors (Lipinski definition) is 4. The Morgan fingerprint density at radius 3 is 2.78 bits per heavy atom. The Labute approximate surface area is 107 Å². The molecule has 2 rings (SSSR count). The Morgan fingerprint density at radius 2 is 2.06 bits per heavy atom. The average Bonchev–Trinajstić information content (AvgIpc) is 2.38. The lowest BCUT2D eigenvalue weighted by Crippen LogP contribution is -2.01. The highest BCUT2D eigenvalue weighted by atomic mass is 15.0. The summed E-state index contributed by atoms with van der Waals surface area (Å²) in [5.74, 6) is 1.61. The molecule has 0 saturated heterocycles. The number of rotatable bonds is 4. The van der Waals surface area contributed by atoms with Gasteiger partial charge in [0, 0.05) is 24.0 Å². The molecule has 94 valence electrons. The standard InChI is InChI=1S/C14H18N4/c1-3-12-8-14(17-10(2)16-12)18-13-6-4-5-11(7-13)9-15/h4-8H,3,9,15H2,1-2H3,(H,16,17,18). The maximum Gasteiger partial charge on any atom is 0.134 e. The van der Waals surface area contributed by atoms with E-state index in [1.807, 2.05) is 37.3 Å². The monoisotopic (exact) mass is 242 g/mol. The molecule has 4 nitrogen and oxygen atoms in total. The predicted octanol–water partition coefficient (Wildman–Crippen LogP) is 2.55. The molecule has 1 heterocycles. The lowest BCUT2D eigenvalue weighted by molar-refractivity contribution is 0.952. The smallest absolute Gasteiger partial charge is 0.134 e. The maximum atomic E-state index is 5.63. The van der Waals surface area contributed by atoms with Gasteiger partial charge in [0.2, 0.25) is 0 Å². The van der Waals surface area contributed by atoms with Gasteiger partial charge in [-0.15, -0.1) is 0 Å². The van der Waals surface area contributed by atoms with Crippen LogP contribution in [0, 0.1) is 6.92 Å². The Bertz CT molecular complexity index is 537. The Hall–Kier alpha value is -1.94. The molecule has 0 bridgehead atoms. The van der Waals surface area contributed by atoms with Crippen LogP contribution in [0.4, 0.5) is 11.5 Å². The van der Waals surface area contributed by atoms with E-state index >= 15 is 0 Å². The first-order valence-electron chi connectivity index (χ1n) is 6.12. The largest absolute Gasteiger partial charge is 0.340 e. The normalized spacial score (nSPS) is 10.4. The van der Waals surface area contributed by atoms with Crippen molar-refractivity contribution in [3.63, 3.8) is 0 Å². The van der Waals surface area contributed by atoms with Crippen molar-refractivity contribution in [3.8, 4) is 0 Å². The molecular formula is C14H18N4. The van der Waals surface area contributed by atoms with Gasteiger partial charge in [-0.3, -0.25) is 0 Å². The molecule has 0 radical (unpaired) electrons. The summed E-state index contributed by atoms with van der Waals surface area (Å²) in [5, 5.41) is 3.29. The molecule has 3 N–H and O–H groups in total. The van der Waals surface area contributed by atoms with E-state index in [4.69, 9.17) is 5.73 Å². The molecule has 1 aromatic carbocycles. The molecule has 18 heavy (non-hydrogen) atoms. The summed E-state index contributed by atoms with van der Waals surface area (Å²) in [4.78, 5) is 8.74. The van der Waals surface area contributed by atoms with Crippen molar-refractivity contribution in [2.75, 3.05) is 5.32 Å². The van der Waals surface area contributed by atoms with Crippen LogP contribution in [0.2, 0.25) is 0 Å². The van der Waals surface area contributed by atoms with Crippen LogP contribution >= 0.6 is 0 Å². The summed E-state index contributed by atoms with van der Waals surface area (Å²) < 4.78 is 0. The molecule has 0 spiro atoms. The lowest BCUT2D eigenvalue weighted by Gasteiger charge is -2.09. The SMILES string of the molecule is CCc1cc(Nc2cccc(CN)c2)nc(C)n1. The summed E-state index contributed by atoms with van der Waals surface area (Å²) in [7, 11) is 0. The van der Waals surface area contributed by atoms with Crippen LogP contribution in [0.15, 0.2) is 30.3 Å². The quantitative estimate of drug-likeness (QED) is 0.864. The second-order valence-electron chi connectivity index (χ2n) is 4.17. The fourth-order valence-corrected chi connectivity index (χ4v) is 1.80. The number of nitrogens with one attached hydrogen (secondary N) is 1. The van der Waals surface area contributed by atoms with E-state index in [0.717, 1.165) is 35.0 Å². The predicted molar refractivity (Wildman–Crippen MR) is 73.8 cm³/mol. The third kappa shape index (κ3) is 3.05. The van der Waals surface area contributed by atoms with Crippen molar-refractivity contribution in [2.24, 2.45) is 5.73 Å². The lowest BCUT2D eigenvalue weighted by atomic mass is 10.2. The number of hydrogen-bond donors (Lipinski definition) is 2. The first kappa shape index (κ1) is 12.5. The first-order valence-corrected chi connectivity index (χ1v) is 6.12. The van der Waals surface area contributed by atoms with Crippen LogP contribution in [0.3, 0.4) is 0 Å². The summed E-state index contributed by atoms with van der Waals surface area (Å²) >= 11 is 0. The van der Waals surface area contributed by atoms with E-state index in [1.54, 1.807) is 0 Å². The van der Waals surface area contributed by atoms with Gasteiger partial charge < -0.3 is 11.1 Å². The molecular weight excluding hydrogens is 224 g/mol. The maximum absolute atomic E-state index is 5.63. The third-order valence-electron chi connectivity index (χ3n) is 2.69. The van der Waals surface area contributed by atoms with Crippen LogP contribution in [0.5, 0.6) is 0 Å². The fraction of sp³-hybridized carbons (Fsp3) is 0.286. The zero-order valence-electron chi connectivity index (χ0n) is 10.8. The number of nitrogens with two attached hydrogens (primary N) is 1.